The van der Waals surface area contributed by atoms with Gasteiger partial charge in [-0.25, -0.2) is 8.42 Å². The van der Waals surface area contributed by atoms with E-state index in [1.807, 2.05) is 18.3 Å². The van der Waals surface area contributed by atoms with Gasteiger partial charge in [0.1, 0.15) is 0 Å². The predicted molar refractivity (Wildman–Crippen MR) is 93.3 cm³/mol. The number of sulfonamides is 1. The molecule has 1 aromatic heterocycles. The van der Waals surface area contributed by atoms with Gasteiger partial charge in [0.2, 0.25) is 0 Å². The first-order chi connectivity index (χ1) is 10.4. The molecule has 22 heavy (non-hydrogen) atoms. The number of allylic oxidation sites excluding steroid dienone is 5. The molecule has 0 amide bonds. The van der Waals surface area contributed by atoms with E-state index in [2.05, 4.69) is 16.3 Å². The first-order valence-electron chi connectivity index (χ1n) is 6.74. The summed E-state index contributed by atoms with van der Waals surface area (Å²) in [5, 5.41) is 1.37. The van der Waals surface area contributed by atoms with Crippen LogP contribution in [0.1, 0.15) is 13.3 Å². The van der Waals surface area contributed by atoms with Gasteiger partial charge >= 0.3 is 0 Å². The maximum absolute atomic E-state index is 12.4. The maximum Gasteiger partial charge on any atom is 0.258 e. The standard InChI is InChI=1S/C16H17ClN2O2S/c1-3-15(6-4-5-12(2)17)22(20,21)19-14-8-7-13-9-10-18-16(13)11-14/h4-11,18-19H,2-3H2,1H3/b5-4-,15-6+. The Bertz CT molecular complexity index is 848. The molecule has 0 aliphatic carbocycles. The zero-order chi connectivity index (χ0) is 16.2. The Balaban J connectivity index is 2.26. The number of aromatic amines is 1. The molecule has 1 aromatic carbocycles. The topological polar surface area (TPSA) is 62.0 Å². The summed E-state index contributed by atoms with van der Waals surface area (Å²) in [5.74, 6) is 0. The molecule has 116 valence electrons. The van der Waals surface area contributed by atoms with Crippen LogP contribution in [-0.2, 0) is 10.0 Å². The lowest BCUT2D eigenvalue weighted by molar-refractivity contribution is 0.605. The Kier molecular flexibility index (Phi) is 5.11. The van der Waals surface area contributed by atoms with Crippen molar-refractivity contribution in [2.24, 2.45) is 0 Å². The quantitative estimate of drug-likeness (QED) is 0.762. The van der Waals surface area contributed by atoms with E-state index >= 15 is 0 Å². The third kappa shape index (κ3) is 4.02. The van der Waals surface area contributed by atoms with Crippen LogP contribution in [0.4, 0.5) is 5.69 Å². The lowest BCUT2D eigenvalue weighted by atomic mass is 10.2. The number of fused-ring (bicyclic) bond motifs is 1. The second-order valence-electron chi connectivity index (χ2n) is 4.68. The largest absolute Gasteiger partial charge is 0.361 e. The van der Waals surface area contributed by atoms with Crippen molar-refractivity contribution in [2.45, 2.75) is 13.3 Å². The van der Waals surface area contributed by atoms with E-state index in [0.29, 0.717) is 17.1 Å². The Labute approximate surface area is 135 Å². The highest BCUT2D eigenvalue weighted by Crippen LogP contribution is 2.21. The van der Waals surface area contributed by atoms with Gasteiger partial charge in [-0.05, 0) is 42.2 Å². The summed E-state index contributed by atoms with van der Waals surface area (Å²) in [6.07, 6.45) is 6.81. The Morgan fingerprint density at radius 2 is 2.18 bits per heavy atom. The van der Waals surface area contributed by atoms with Gasteiger partial charge in [-0.1, -0.05) is 37.2 Å². The number of aromatic nitrogens is 1. The van der Waals surface area contributed by atoms with E-state index in [1.165, 1.54) is 12.2 Å². The van der Waals surface area contributed by atoms with Crippen LogP contribution < -0.4 is 4.72 Å². The van der Waals surface area contributed by atoms with Gasteiger partial charge in [-0.15, -0.1) is 0 Å². The van der Waals surface area contributed by atoms with E-state index in [0.717, 1.165) is 10.9 Å². The predicted octanol–water partition coefficient (Wildman–Crippen LogP) is 4.51. The molecule has 0 radical (unpaired) electrons. The molecule has 0 spiro atoms. The second kappa shape index (κ2) is 6.85. The van der Waals surface area contributed by atoms with Crippen molar-refractivity contribution in [3.05, 3.63) is 65.2 Å². The molecule has 0 saturated carbocycles. The van der Waals surface area contributed by atoms with Crippen molar-refractivity contribution >= 4 is 38.2 Å². The van der Waals surface area contributed by atoms with Crippen LogP contribution in [0.15, 0.2) is 65.2 Å². The number of halogens is 1. The minimum Gasteiger partial charge on any atom is -0.361 e. The first-order valence-corrected chi connectivity index (χ1v) is 8.60. The summed E-state index contributed by atoms with van der Waals surface area (Å²) >= 11 is 5.61. The number of H-pyrrole nitrogens is 1. The molecule has 2 aromatic rings. The summed E-state index contributed by atoms with van der Waals surface area (Å²) in [6, 6.07) is 7.28. The van der Waals surface area contributed by atoms with Crippen LogP contribution in [0.5, 0.6) is 0 Å². The van der Waals surface area contributed by atoms with Crippen molar-refractivity contribution in [3.8, 4) is 0 Å². The number of benzene rings is 1. The summed E-state index contributed by atoms with van der Waals surface area (Å²) in [6.45, 7) is 5.29. The molecule has 1 heterocycles. The zero-order valence-corrected chi connectivity index (χ0v) is 13.7. The van der Waals surface area contributed by atoms with E-state index in [9.17, 15) is 8.42 Å². The highest BCUT2D eigenvalue weighted by Gasteiger charge is 2.15. The van der Waals surface area contributed by atoms with Gasteiger partial charge in [0.15, 0.2) is 0 Å². The van der Waals surface area contributed by atoms with Crippen molar-refractivity contribution in [1.29, 1.82) is 0 Å². The summed E-state index contributed by atoms with van der Waals surface area (Å²) < 4.78 is 27.4. The summed E-state index contributed by atoms with van der Waals surface area (Å²) in [5.41, 5.74) is 1.39. The minimum atomic E-state index is -3.60. The fourth-order valence-electron chi connectivity index (χ4n) is 1.99. The zero-order valence-electron chi connectivity index (χ0n) is 12.1. The third-order valence-electron chi connectivity index (χ3n) is 3.06. The molecule has 4 nitrogen and oxygen atoms in total. The Hall–Kier alpha value is -1.98. The van der Waals surface area contributed by atoms with Crippen LogP contribution in [0, 0.1) is 0 Å². The summed E-state index contributed by atoms with van der Waals surface area (Å²) in [4.78, 5) is 3.32. The third-order valence-corrected chi connectivity index (χ3v) is 4.81. The van der Waals surface area contributed by atoms with Crippen LogP contribution >= 0.6 is 11.6 Å². The fraction of sp³-hybridized carbons (Fsp3) is 0.125. The van der Waals surface area contributed by atoms with Gasteiger partial charge in [0, 0.05) is 16.7 Å². The SMILES string of the molecule is C=C(Cl)/C=C\C=C(/CC)S(=O)(=O)Nc1ccc2cc[nH]c2c1. The minimum absolute atomic E-state index is 0.272. The fourth-order valence-corrected chi connectivity index (χ4v) is 3.27. The molecule has 0 atom stereocenters. The van der Waals surface area contributed by atoms with E-state index in [-0.39, 0.29) is 4.91 Å². The lowest BCUT2D eigenvalue weighted by Crippen LogP contribution is -2.14. The molecular formula is C16H17ClN2O2S. The van der Waals surface area contributed by atoms with Crippen LogP contribution in [0.2, 0.25) is 0 Å². The Morgan fingerprint density at radius 3 is 2.86 bits per heavy atom. The number of hydrogen-bond donors (Lipinski definition) is 2. The molecule has 2 rings (SSSR count). The van der Waals surface area contributed by atoms with Crippen LogP contribution in [0.25, 0.3) is 10.9 Å². The molecule has 6 heteroatoms. The number of nitrogens with one attached hydrogen (secondary N) is 2. The molecule has 0 unspecified atom stereocenters. The van der Waals surface area contributed by atoms with Crippen molar-refractivity contribution in [2.75, 3.05) is 4.72 Å². The maximum atomic E-state index is 12.4. The molecule has 0 aliphatic heterocycles. The van der Waals surface area contributed by atoms with E-state index in [1.54, 1.807) is 25.1 Å². The molecular weight excluding hydrogens is 320 g/mol. The highest BCUT2D eigenvalue weighted by atomic mass is 35.5. The van der Waals surface area contributed by atoms with Gasteiger partial charge < -0.3 is 4.98 Å². The van der Waals surface area contributed by atoms with Crippen LogP contribution in [-0.4, -0.2) is 13.4 Å². The average Bonchev–Trinajstić information content (AvgIpc) is 2.90. The van der Waals surface area contributed by atoms with E-state index < -0.39 is 10.0 Å². The van der Waals surface area contributed by atoms with Crippen LogP contribution in [0.3, 0.4) is 0 Å². The lowest BCUT2D eigenvalue weighted by Gasteiger charge is -2.10. The number of rotatable bonds is 6. The highest BCUT2D eigenvalue weighted by molar-refractivity contribution is 7.96. The van der Waals surface area contributed by atoms with Gasteiger partial charge in [0.05, 0.1) is 10.6 Å². The van der Waals surface area contributed by atoms with Crippen molar-refractivity contribution in [1.82, 2.24) is 4.98 Å². The molecule has 2 N–H and O–H groups in total. The monoisotopic (exact) mass is 336 g/mol. The molecule has 0 saturated heterocycles. The van der Waals surface area contributed by atoms with Gasteiger partial charge in [-0.3, -0.25) is 4.72 Å². The Morgan fingerprint density at radius 1 is 1.41 bits per heavy atom. The number of anilines is 1. The van der Waals surface area contributed by atoms with E-state index in [4.69, 9.17) is 11.6 Å². The molecule has 0 aliphatic rings. The summed E-state index contributed by atoms with van der Waals surface area (Å²) in [7, 11) is -3.60. The smallest absolute Gasteiger partial charge is 0.258 e. The van der Waals surface area contributed by atoms with Crippen molar-refractivity contribution < 1.29 is 8.42 Å². The average molecular weight is 337 g/mol. The first kappa shape index (κ1) is 16.4. The normalized spacial score (nSPS) is 12.9. The van der Waals surface area contributed by atoms with Gasteiger partial charge in [-0.2, -0.15) is 0 Å². The molecule has 0 fully saturated rings. The van der Waals surface area contributed by atoms with Gasteiger partial charge in [0.25, 0.3) is 10.0 Å². The molecule has 0 bridgehead atoms. The van der Waals surface area contributed by atoms with Crippen molar-refractivity contribution in [3.63, 3.8) is 0 Å². The second-order valence-corrected chi connectivity index (χ2v) is 6.90. The number of hydrogen-bond acceptors (Lipinski definition) is 2.